The summed E-state index contributed by atoms with van der Waals surface area (Å²) in [7, 11) is 0. The van der Waals surface area contributed by atoms with E-state index < -0.39 is 5.97 Å². The van der Waals surface area contributed by atoms with Crippen LogP contribution in [0.15, 0.2) is 28.7 Å². The molecule has 5 nitrogen and oxygen atoms in total. The Morgan fingerprint density at radius 2 is 1.80 bits per heavy atom. The number of amides is 1. The van der Waals surface area contributed by atoms with Gasteiger partial charge >= 0.3 is 5.97 Å². The summed E-state index contributed by atoms with van der Waals surface area (Å²) >= 11 is 0. The van der Waals surface area contributed by atoms with Gasteiger partial charge in [-0.2, -0.15) is 0 Å². The monoisotopic (exact) mass is 343 g/mol. The van der Waals surface area contributed by atoms with E-state index in [1.165, 1.54) is 19.3 Å². The smallest absolute Gasteiger partial charge is 0.375 e. The van der Waals surface area contributed by atoms with Gasteiger partial charge in [0, 0.05) is 17.0 Å². The minimum atomic E-state index is -0.596. The molecule has 0 bridgehead atoms. The molecule has 1 aliphatic carbocycles. The van der Waals surface area contributed by atoms with E-state index in [2.05, 4.69) is 5.32 Å². The molecule has 1 aliphatic rings. The fraction of sp³-hybridized carbons (Fsp3) is 0.500. The maximum Gasteiger partial charge on any atom is 0.375 e. The first-order chi connectivity index (χ1) is 12.1. The minimum absolute atomic E-state index is 0.167. The van der Waals surface area contributed by atoms with E-state index in [0.29, 0.717) is 5.58 Å². The lowest BCUT2D eigenvalue weighted by atomic mass is 9.97. The number of carbonyl (C=O) groups is 2. The average Bonchev–Trinajstić information content (AvgIpc) is 2.92. The number of nitrogens with one attached hydrogen (secondary N) is 1. The van der Waals surface area contributed by atoms with Gasteiger partial charge in [0.25, 0.3) is 5.91 Å². The van der Waals surface area contributed by atoms with Crippen LogP contribution in [0.4, 0.5) is 0 Å². The van der Waals surface area contributed by atoms with Crippen LogP contribution in [0.25, 0.3) is 11.0 Å². The van der Waals surface area contributed by atoms with Crippen molar-refractivity contribution in [1.29, 1.82) is 0 Å². The molecule has 1 fully saturated rings. The molecule has 1 aromatic heterocycles. The molecule has 1 heterocycles. The Bertz CT molecular complexity index is 741. The van der Waals surface area contributed by atoms with E-state index in [1.54, 1.807) is 6.07 Å². The van der Waals surface area contributed by atoms with Crippen molar-refractivity contribution in [1.82, 2.24) is 5.32 Å². The minimum Gasteiger partial charge on any atom is -0.450 e. The highest BCUT2D eigenvalue weighted by Crippen LogP contribution is 2.25. The summed E-state index contributed by atoms with van der Waals surface area (Å²) in [5.41, 5.74) is 1.38. The first-order valence-electron chi connectivity index (χ1n) is 9.10. The van der Waals surface area contributed by atoms with Crippen LogP contribution in [0, 0.1) is 6.92 Å². The quantitative estimate of drug-likeness (QED) is 0.848. The molecule has 1 amide bonds. The van der Waals surface area contributed by atoms with Crippen LogP contribution >= 0.6 is 0 Å². The number of rotatable bonds is 4. The Balaban J connectivity index is 1.54. The van der Waals surface area contributed by atoms with Gasteiger partial charge < -0.3 is 14.5 Å². The van der Waals surface area contributed by atoms with Crippen LogP contribution < -0.4 is 5.32 Å². The Morgan fingerprint density at radius 3 is 2.52 bits per heavy atom. The predicted molar refractivity (Wildman–Crippen MR) is 95.5 cm³/mol. The molecule has 0 atom stereocenters. The van der Waals surface area contributed by atoms with Crippen LogP contribution in [0.1, 0.15) is 61.1 Å². The lowest BCUT2D eigenvalue weighted by Gasteiger charge is -2.20. The summed E-state index contributed by atoms with van der Waals surface area (Å²) < 4.78 is 10.7. The van der Waals surface area contributed by atoms with Crippen molar-refractivity contribution in [2.24, 2.45) is 0 Å². The third kappa shape index (κ3) is 4.41. The molecule has 0 radical (unpaired) electrons. The second-order valence-corrected chi connectivity index (χ2v) is 6.74. The van der Waals surface area contributed by atoms with Gasteiger partial charge in [-0.15, -0.1) is 0 Å². The number of aryl methyl sites for hydroxylation is 1. The number of fused-ring (bicyclic) bond motifs is 1. The summed E-state index contributed by atoms with van der Waals surface area (Å²) in [6.45, 7) is 1.54. The normalized spacial score (nSPS) is 16.2. The van der Waals surface area contributed by atoms with Crippen molar-refractivity contribution in [3.63, 3.8) is 0 Å². The first kappa shape index (κ1) is 17.5. The van der Waals surface area contributed by atoms with Gasteiger partial charge in [-0.05, 0) is 25.8 Å². The van der Waals surface area contributed by atoms with Gasteiger partial charge in [0.15, 0.2) is 6.61 Å². The van der Waals surface area contributed by atoms with Crippen molar-refractivity contribution < 1.29 is 18.7 Å². The molecule has 0 unspecified atom stereocenters. The molecule has 1 aromatic carbocycles. The molecule has 0 saturated heterocycles. The van der Waals surface area contributed by atoms with Crippen LogP contribution in [0.5, 0.6) is 0 Å². The van der Waals surface area contributed by atoms with Gasteiger partial charge in [-0.3, -0.25) is 4.79 Å². The van der Waals surface area contributed by atoms with E-state index in [1.807, 2.05) is 25.1 Å². The zero-order chi connectivity index (χ0) is 17.6. The summed E-state index contributed by atoms with van der Waals surface area (Å²) in [4.78, 5) is 24.3. The maximum atomic E-state index is 12.2. The van der Waals surface area contributed by atoms with Gasteiger partial charge in [-0.1, -0.05) is 50.3 Å². The van der Waals surface area contributed by atoms with E-state index in [0.717, 1.165) is 36.6 Å². The third-order valence-corrected chi connectivity index (χ3v) is 4.83. The van der Waals surface area contributed by atoms with E-state index in [-0.39, 0.29) is 24.3 Å². The van der Waals surface area contributed by atoms with Gasteiger partial charge in [0.2, 0.25) is 5.76 Å². The summed E-state index contributed by atoms with van der Waals surface area (Å²) in [5, 5.41) is 3.87. The molecular formula is C20H25NO4. The highest BCUT2D eigenvalue weighted by molar-refractivity contribution is 5.96. The molecule has 0 spiro atoms. The zero-order valence-electron chi connectivity index (χ0n) is 14.7. The molecule has 0 aliphatic heterocycles. The Morgan fingerprint density at radius 1 is 1.12 bits per heavy atom. The number of carbonyl (C=O) groups excluding carboxylic acids is 2. The van der Waals surface area contributed by atoms with Crippen LogP contribution in [-0.2, 0) is 9.53 Å². The number of benzene rings is 1. The van der Waals surface area contributed by atoms with Crippen LogP contribution in [0.3, 0.4) is 0 Å². The second kappa shape index (κ2) is 8.19. The second-order valence-electron chi connectivity index (χ2n) is 6.74. The van der Waals surface area contributed by atoms with E-state index in [4.69, 9.17) is 9.15 Å². The molecule has 3 rings (SSSR count). The van der Waals surface area contributed by atoms with Gasteiger partial charge in [-0.25, -0.2) is 4.79 Å². The Labute approximate surface area is 147 Å². The van der Waals surface area contributed by atoms with Gasteiger partial charge in [0.05, 0.1) is 0 Å². The standard InChI is InChI=1S/C20H25NO4/c1-14-16-11-7-8-12-17(16)25-19(14)20(23)24-13-18(22)21-15-9-5-3-2-4-6-10-15/h7-8,11-12,15H,2-6,9-10,13H2,1H3,(H,21,22). The first-order valence-corrected chi connectivity index (χ1v) is 9.10. The number of esters is 1. The summed E-state index contributed by atoms with van der Waals surface area (Å²) in [5.74, 6) is -0.672. The van der Waals surface area contributed by atoms with Crippen molar-refractivity contribution >= 4 is 22.8 Å². The third-order valence-electron chi connectivity index (χ3n) is 4.83. The van der Waals surface area contributed by atoms with Crippen molar-refractivity contribution in [2.75, 3.05) is 6.61 Å². The molecular weight excluding hydrogens is 318 g/mol. The summed E-state index contributed by atoms with van der Waals surface area (Å²) in [6, 6.07) is 7.64. The largest absolute Gasteiger partial charge is 0.450 e. The lowest BCUT2D eigenvalue weighted by Crippen LogP contribution is -2.38. The SMILES string of the molecule is Cc1c(C(=O)OCC(=O)NC2CCCCCCC2)oc2ccccc12. The zero-order valence-corrected chi connectivity index (χ0v) is 14.7. The number of hydrogen-bond donors (Lipinski definition) is 1. The molecule has 2 aromatic rings. The fourth-order valence-corrected chi connectivity index (χ4v) is 3.44. The fourth-order valence-electron chi connectivity index (χ4n) is 3.44. The molecule has 5 heteroatoms. The number of ether oxygens (including phenoxy) is 1. The van der Waals surface area contributed by atoms with Crippen LogP contribution in [0.2, 0.25) is 0 Å². The molecule has 134 valence electrons. The highest BCUT2D eigenvalue weighted by atomic mass is 16.5. The highest BCUT2D eigenvalue weighted by Gasteiger charge is 2.20. The van der Waals surface area contributed by atoms with Crippen LogP contribution in [-0.4, -0.2) is 24.5 Å². The predicted octanol–water partition coefficient (Wildman–Crippen LogP) is 4.13. The van der Waals surface area contributed by atoms with Gasteiger partial charge in [0.1, 0.15) is 5.58 Å². The number of para-hydroxylation sites is 1. The average molecular weight is 343 g/mol. The molecule has 1 N–H and O–H groups in total. The molecule has 25 heavy (non-hydrogen) atoms. The van der Waals surface area contributed by atoms with Crippen molar-refractivity contribution in [2.45, 2.75) is 57.9 Å². The number of hydrogen-bond acceptors (Lipinski definition) is 4. The Kier molecular flexibility index (Phi) is 5.74. The molecule has 1 saturated carbocycles. The maximum absolute atomic E-state index is 12.2. The topological polar surface area (TPSA) is 68.5 Å². The van der Waals surface area contributed by atoms with E-state index >= 15 is 0 Å². The van der Waals surface area contributed by atoms with E-state index in [9.17, 15) is 9.59 Å². The van der Waals surface area contributed by atoms with Crippen molar-refractivity contribution in [3.8, 4) is 0 Å². The lowest BCUT2D eigenvalue weighted by molar-refractivity contribution is -0.125. The number of furan rings is 1. The summed E-state index contributed by atoms with van der Waals surface area (Å²) in [6.07, 6.45) is 8.03. The Hall–Kier alpha value is -2.30. The van der Waals surface area contributed by atoms with Crippen molar-refractivity contribution in [3.05, 3.63) is 35.6 Å².